The molecule has 1 aliphatic heterocycles. The maximum Gasteiger partial charge on any atom is 0.492 e. The van der Waals surface area contributed by atoms with E-state index in [2.05, 4.69) is 34.6 Å². The molecule has 224 valence electrons. The number of pyridine rings is 1. The average molecular weight is 592 g/mol. The fourth-order valence-electron chi connectivity index (χ4n) is 5.72. The normalized spacial score (nSPS) is 16.9. The first-order valence-corrected chi connectivity index (χ1v) is 14.5. The van der Waals surface area contributed by atoms with Crippen LogP contribution in [0.2, 0.25) is 0 Å². The molecule has 10 heteroatoms. The molecule has 1 amide bonds. The number of H-pyrrole nitrogens is 1. The van der Waals surface area contributed by atoms with Crippen LogP contribution in [0.5, 0.6) is 0 Å². The number of amides is 1. The van der Waals surface area contributed by atoms with Crippen LogP contribution in [0.3, 0.4) is 0 Å². The Kier molecular flexibility index (Phi) is 7.43. The van der Waals surface area contributed by atoms with Crippen molar-refractivity contribution in [3.63, 3.8) is 0 Å². The quantitative estimate of drug-likeness (QED) is 0.232. The summed E-state index contributed by atoms with van der Waals surface area (Å²) in [5.74, 6) is -1.38. The van der Waals surface area contributed by atoms with Gasteiger partial charge in [0.2, 0.25) is 5.43 Å². The molecule has 0 radical (unpaired) electrons. The number of nitrogens with one attached hydrogen (secondary N) is 2. The second-order valence-corrected chi connectivity index (χ2v) is 12.1. The molecule has 2 aliphatic rings. The fraction of sp³-hybridized carbons (Fsp3) is 0.265. The van der Waals surface area contributed by atoms with Crippen molar-refractivity contribution >= 4 is 36.2 Å². The highest BCUT2D eigenvalue weighted by molar-refractivity contribution is 6.56. The third kappa shape index (κ3) is 5.31. The largest absolute Gasteiger partial charge is 0.492 e. The monoisotopic (exact) mass is 592 g/mol. The summed E-state index contributed by atoms with van der Waals surface area (Å²) in [6.45, 7) is 7.98. The van der Waals surface area contributed by atoms with Gasteiger partial charge in [0.1, 0.15) is 12.2 Å². The minimum Gasteiger partial charge on any atom is -0.477 e. The van der Waals surface area contributed by atoms with Crippen LogP contribution in [0.15, 0.2) is 83.2 Å². The van der Waals surface area contributed by atoms with Crippen molar-refractivity contribution in [1.82, 2.24) is 10.3 Å². The summed E-state index contributed by atoms with van der Waals surface area (Å²) in [4.78, 5) is 40.2. The van der Waals surface area contributed by atoms with E-state index in [0.717, 1.165) is 22.3 Å². The van der Waals surface area contributed by atoms with Crippen molar-refractivity contribution in [2.45, 2.75) is 44.8 Å². The fourth-order valence-corrected chi connectivity index (χ4v) is 5.72. The van der Waals surface area contributed by atoms with E-state index in [1.807, 2.05) is 52.0 Å². The first kappa shape index (κ1) is 29.4. The summed E-state index contributed by atoms with van der Waals surface area (Å²) in [6.07, 6.45) is 2.38. The second kappa shape index (κ2) is 11.1. The smallest absolute Gasteiger partial charge is 0.477 e. The van der Waals surface area contributed by atoms with Gasteiger partial charge in [0.15, 0.2) is 0 Å². The molecule has 6 rings (SSSR count). The lowest BCUT2D eigenvalue weighted by Gasteiger charge is -2.32. The number of alkyl carbamates (subject to hydrolysis) is 1. The highest BCUT2D eigenvalue weighted by atomic mass is 16.7. The first-order chi connectivity index (χ1) is 20.9. The lowest BCUT2D eigenvalue weighted by atomic mass is 9.77. The van der Waals surface area contributed by atoms with Crippen LogP contribution in [-0.4, -0.2) is 53.6 Å². The number of rotatable bonds is 7. The average Bonchev–Trinajstić information content (AvgIpc) is 3.42. The first-order valence-electron chi connectivity index (χ1n) is 14.5. The Morgan fingerprint density at radius 1 is 0.977 bits per heavy atom. The van der Waals surface area contributed by atoms with Crippen LogP contribution < -0.4 is 10.7 Å². The van der Waals surface area contributed by atoms with Crippen molar-refractivity contribution < 1.29 is 28.7 Å². The van der Waals surface area contributed by atoms with E-state index < -0.39 is 35.8 Å². The molecule has 0 spiro atoms. The lowest BCUT2D eigenvalue weighted by Crippen LogP contribution is -2.41. The number of hydrogen-bond donors (Lipinski definition) is 3. The van der Waals surface area contributed by atoms with Crippen molar-refractivity contribution in [2.75, 3.05) is 13.2 Å². The SMILES string of the molecule is CC1(C)OB(C(=Cc2ccc3[nH]cc(C(=O)O)c(=O)c3c2)CNC(=O)OCC2c3ccccc3-c3ccccc32)OC1(C)C. The molecule has 0 bridgehead atoms. The molecule has 0 saturated carbocycles. The van der Waals surface area contributed by atoms with Gasteiger partial charge in [-0.05, 0) is 73.1 Å². The molecule has 0 atom stereocenters. The number of aromatic carboxylic acids is 1. The summed E-state index contributed by atoms with van der Waals surface area (Å²) < 4.78 is 18.3. The van der Waals surface area contributed by atoms with Gasteiger partial charge in [-0.3, -0.25) is 4.79 Å². The van der Waals surface area contributed by atoms with Crippen LogP contribution >= 0.6 is 0 Å². The predicted molar refractivity (Wildman–Crippen MR) is 169 cm³/mol. The van der Waals surface area contributed by atoms with Gasteiger partial charge in [0.25, 0.3) is 0 Å². The van der Waals surface area contributed by atoms with Crippen LogP contribution in [0.1, 0.15) is 60.7 Å². The zero-order chi connectivity index (χ0) is 31.2. The zero-order valence-corrected chi connectivity index (χ0v) is 25.0. The number of hydrogen-bond acceptors (Lipinski definition) is 6. The molecule has 4 aromatic rings. The Balaban J connectivity index is 1.24. The van der Waals surface area contributed by atoms with E-state index in [4.69, 9.17) is 14.0 Å². The third-order valence-corrected chi connectivity index (χ3v) is 8.82. The number of carbonyl (C=O) groups excluding carboxylic acids is 1. The Morgan fingerprint density at radius 3 is 2.20 bits per heavy atom. The van der Waals surface area contributed by atoms with Gasteiger partial charge in [-0.2, -0.15) is 0 Å². The van der Waals surface area contributed by atoms with E-state index >= 15 is 0 Å². The molecule has 9 nitrogen and oxygen atoms in total. The van der Waals surface area contributed by atoms with Gasteiger partial charge >= 0.3 is 19.2 Å². The van der Waals surface area contributed by atoms with Crippen molar-refractivity contribution in [2.24, 2.45) is 0 Å². The minimum atomic E-state index is -1.31. The number of carboxylic acids is 1. The Hall–Kier alpha value is -4.67. The van der Waals surface area contributed by atoms with E-state index in [9.17, 15) is 19.5 Å². The van der Waals surface area contributed by atoms with Crippen molar-refractivity contribution in [1.29, 1.82) is 0 Å². The molecule has 3 aromatic carbocycles. The molecule has 1 aromatic heterocycles. The molecule has 2 heterocycles. The van der Waals surface area contributed by atoms with E-state index in [-0.39, 0.29) is 30.0 Å². The molecule has 44 heavy (non-hydrogen) atoms. The summed E-state index contributed by atoms with van der Waals surface area (Å²) >= 11 is 0. The number of carbonyl (C=O) groups is 2. The van der Waals surface area contributed by atoms with Gasteiger partial charge in [0, 0.05) is 29.6 Å². The zero-order valence-electron chi connectivity index (χ0n) is 25.0. The maximum absolute atomic E-state index is 13.0. The number of aromatic amines is 1. The summed E-state index contributed by atoms with van der Waals surface area (Å²) in [5, 5.41) is 12.5. The van der Waals surface area contributed by atoms with Crippen molar-refractivity contribution in [3.05, 3.63) is 111 Å². The van der Waals surface area contributed by atoms with E-state index in [1.165, 1.54) is 6.20 Å². The predicted octanol–water partition coefficient (Wildman–Crippen LogP) is 5.78. The highest BCUT2D eigenvalue weighted by Crippen LogP contribution is 2.44. The molecule has 1 saturated heterocycles. The third-order valence-electron chi connectivity index (χ3n) is 8.82. The van der Waals surface area contributed by atoms with Gasteiger partial charge in [-0.25, -0.2) is 9.59 Å². The Morgan fingerprint density at radius 2 is 1.59 bits per heavy atom. The molecule has 0 unspecified atom stereocenters. The molecular weight excluding hydrogens is 559 g/mol. The molecule has 1 aliphatic carbocycles. The number of ether oxygens (including phenoxy) is 1. The Bertz CT molecular complexity index is 1820. The summed E-state index contributed by atoms with van der Waals surface area (Å²) in [7, 11) is -0.784. The summed E-state index contributed by atoms with van der Waals surface area (Å²) in [6, 6.07) is 21.4. The topological polar surface area (TPSA) is 127 Å². The number of aromatic nitrogens is 1. The van der Waals surface area contributed by atoms with Gasteiger partial charge in [-0.1, -0.05) is 60.7 Å². The number of fused-ring (bicyclic) bond motifs is 4. The van der Waals surface area contributed by atoms with Gasteiger partial charge in [0.05, 0.1) is 11.2 Å². The van der Waals surface area contributed by atoms with Gasteiger partial charge < -0.3 is 29.5 Å². The highest BCUT2D eigenvalue weighted by Gasteiger charge is 2.52. The second-order valence-electron chi connectivity index (χ2n) is 12.1. The van der Waals surface area contributed by atoms with Crippen LogP contribution in [0.4, 0.5) is 4.79 Å². The molecular formula is C34H33BN2O7. The molecule has 1 fully saturated rings. The summed E-state index contributed by atoms with van der Waals surface area (Å²) in [5.41, 5.74) is 4.07. The standard InChI is InChI=1S/C34H33BN2O7/c1-33(2)34(3,4)44-35(43-33)21(15-20-13-14-29-26(16-20)30(38)27(18-36-29)31(39)40)17-37-32(41)42-19-28-24-11-7-5-9-22(24)23-10-6-8-12-25(23)28/h5-16,18,28H,17,19H2,1-4H3,(H,36,38)(H,37,41)(H,39,40). The van der Waals surface area contributed by atoms with Crippen LogP contribution in [0, 0.1) is 0 Å². The molecule has 3 N–H and O–H groups in total. The number of benzene rings is 3. The van der Waals surface area contributed by atoms with E-state index in [0.29, 0.717) is 16.6 Å². The van der Waals surface area contributed by atoms with Gasteiger partial charge in [-0.15, -0.1) is 0 Å². The Labute approximate surface area is 255 Å². The maximum atomic E-state index is 13.0. The minimum absolute atomic E-state index is 0.0526. The lowest BCUT2D eigenvalue weighted by molar-refractivity contribution is 0.00578. The van der Waals surface area contributed by atoms with E-state index in [1.54, 1.807) is 24.3 Å². The number of carboxylic acid groups (broad SMARTS) is 1. The van der Waals surface area contributed by atoms with Crippen LogP contribution in [-0.2, 0) is 14.0 Å². The van der Waals surface area contributed by atoms with Crippen molar-refractivity contribution in [3.8, 4) is 11.1 Å². The van der Waals surface area contributed by atoms with Crippen LogP contribution in [0.25, 0.3) is 28.1 Å².